The van der Waals surface area contributed by atoms with E-state index in [0.29, 0.717) is 25.0 Å². The number of methoxy groups -OCH3 is 1. The highest BCUT2D eigenvalue weighted by atomic mass is 19.3. The standard InChI is InChI=1S/C17H25F2N3O2/c1-23-14-8-7-12(11-15(14)24-16(18)19)9-10-21-17(20)22-13-5-3-2-4-6-13/h7-8,11,13,16H,2-6,9-10H2,1H3,(H3,20,21,22). The van der Waals surface area contributed by atoms with Crippen LogP contribution in [0.5, 0.6) is 11.5 Å². The van der Waals surface area contributed by atoms with Crippen LogP contribution in [0, 0.1) is 0 Å². The molecule has 0 atom stereocenters. The van der Waals surface area contributed by atoms with Crippen LogP contribution in [0.15, 0.2) is 23.2 Å². The van der Waals surface area contributed by atoms with Gasteiger partial charge in [0.05, 0.1) is 7.11 Å². The fourth-order valence-electron chi connectivity index (χ4n) is 2.87. The summed E-state index contributed by atoms with van der Waals surface area (Å²) in [5, 5.41) is 3.24. The van der Waals surface area contributed by atoms with Crippen LogP contribution in [-0.2, 0) is 6.42 Å². The number of rotatable bonds is 7. The molecule has 7 heteroatoms. The van der Waals surface area contributed by atoms with Crippen LogP contribution >= 0.6 is 0 Å². The fraction of sp³-hybridized carbons (Fsp3) is 0.588. The second kappa shape index (κ2) is 9.30. The summed E-state index contributed by atoms with van der Waals surface area (Å²) in [7, 11) is 1.41. The smallest absolute Gasteiger partial charge is 0.387 e. The van der Waals surface area contributed by atoms with Crippen molar-refractivity contribution in [2.75, 3.05) is 13.7 Å². The van der Waals surface area contributed by atoms with Gasteiger partial charge < -0.3 is 20.5 Å². The highest BCUT2D eigenvalue weighted by Crippen LogP contribution is 2.29. The summed E-state index contributed by atoms with van der Waals surface area (Å²) in [6.07, 6.45) is 6.58. The molecule has 5 nitrogen and oxygen atoms in total. The molecular weight excluding hydrogens is 316 g/mol. The van der Waals surface area contributed by atoms with Crippen molar-refractivity contribution in [1.82, 2.24) is 5.32 Å². The lowest BCUT2D eigenvalue weighted by molar-refractivity contribution is -0.0512. The first-order chi connectivity index (χ1) is 11.6. The van der Waals surface area contributed by atoms with Crippen LogP contribution in [0.2, 0.25) is 0 Å². The van der Waals surface area contributed by atoms with Crippen LogP contribution in [0.25, 0.3) is 0 Å². The molecule has 0 radical (unpaired) electrons. The summed E-state index contributed by atoms with van der Waals surface area (Å²) >= 11 is 0. The second-order valence-electron chi connectivity index (χ2n) is 5.86. The van der Waals surface area contributed by atoms with Gasteiger partial charge in [0.15, 0.2) is 17.5 Å². The minimum atomic E-state index is -2.89. The van der Waals surface area contributed by atoms with Gasteiger partial charge in [-0.2, -0.15) is 8.78 Å². The SMILES string of the molecule is COc1ccc(CCN=C(N)NC2CCCCC2)cc1OC(F)F. The molecule has 1 aliphatic rings. The number of guanidine groups is 1. The molecule has 0 unspecified atom stereocenters. The van der Waals surface area contributed by atoms with E-state index < -0.39 is 6.61 Å². The van der Waals surface area contributed by atoms with E-state index in [2.05, 4.69) is 15.0 Å². The van der Waals surface area contributed by atoms with E-state index in [0.717, 1.165) is 18.4 Å². The Labute approximate surface area is 141 Å². The van der Waals surface area contributed by atoms with Crippen molar-refractivity contribution in [3.63, 3.8) is 0 Å². The predicted octanol–water partition coefficient (Wildman–Crippen LogP) is 3.08. The summed E-state index contributed by atoms with van der Waals surface area (Å²) in [4.78, 5) is 4.31. The highest BCUT2D eigenvalue weighted by molar-refractivity contribution is 5.78. The highest BCUT2D eigenvalue weighted by Gasteiger charge is 2.13. The number of alkyl halides is 2. The summed E-state index contributed by atoms with van der Waals surface area (Å²) in [6.45, 7) is -2.41. The van der Waals surface area contributed by atoms with Gasteiger partial charge in [-0.15, -0.1) is 0 Å². The molecule has 24 heavy (non-hydrogen) atoms. The molecule has 1 aromatic rings. The van der Waals surface area contributed by atoms with Gasteiger partial charge in [0.25, 0.3) is 0 Å². The Hall–Kier alpha value is -2.05. The quantitative estimate of drug-likeness (QED) is 0.591. The molecule has 0 bridgehead atoms. The Morgan fingerprint density at radius 2 is 2.04 bits per heavy atom. The largest absolute Gasteiger partial charge is 0.493 e. The summed E-state index contributed by atoms with van der Waals surface area (Å²) in [6, 6.07) is 5.37. The lowest BCUT2D eigenvalue weighted by Gasteiger charge is -2.23. The molecule has 1 aromatic carbocycles. The van der Waals surface area contributed by atoms with Gasteiger partial charge in [-0.3, -0.25) is 4.99 Å². The zero-order valence-corrected chi connectivity index (χ0v) is 13.9. The molecule has 0 heterocycles. The number of halogens is 2. The monoisotopic (exact) mass is 341 g/mol. The van der Waals surface area contributed by atoms with Crippen molar-refractivity contribution < 1.29 is 18.3 Å². The maximum absolute atomic E-state index is 12.4. The lowest BCUT2D eigenvalue weighted by Crippen LogP contribution is -2.41. The van der Waals surface area contributed by atoms with Crippen molar-refractivity contribution >= 4 is 5.96 Å². The van der Waals surface area contributed by atoms with Gasteiger partial charge in [-0.25, -0.2) is 0 Å². The molecule has 134 valence electrons. The number of benzene rings is 1. The van der Waals surface area contributed by atoms with Crippen LogP contribution in [0.3, 0.4) is 0 Å². The van der Waals surface area contributed by atoms with E-state index in [1.807, 2.05) is 0 Å². The van der Waals surface area contributed by atoms with Crippen LogP contribution in [0.4, 0.5) is 8.78 Å². The molecule has 3 N–H and O–H groups in total. The average molecular weight is 341 g/mol. The average Bonchev–Trinajstić information content (AvgIpc) is 2.55. The molecule has 0 saturated heterocycles. The molecule has 2 rings (SSSR count). The van der Waals surface area contributed by atoms with E-state index >= 15 is 0 Å². The maximum atomic E-state index is 12.4. The number of hydrogen-bond donors (Lipinski definition) is 2. The van der Waals surface area contributed by atoms with Gasteiger partial charge >= 0.3 is 6.61 Å². The van der Waals surface area contributed by atoms with E-state index in [9.17, 15) is 8.78 Å². The van der Waals surface area contributed by atoms with Gasteiger partial charge in [-0.1, -0.05) is 25.3 Å². The Morgan fingerprint density at radius 3 is 2.71 bits per heavy atom. The van der Waals surface area contributed by atoms with E-state index in [1.54, 1.807) is 18.2 Å². The molecule has 0 spiro atoms. The third-order valence-corrected chi connectivity index (χ3v) is 4.08. The molecule has 0 aliphatic heterocycles. The summed E-state index contributed by atoms with van der Waals surface area (Å²) in [5.41, 5.74) is 6.74. The molecule has 0 amide bonds. The fourth-order valence-corrected chi connectivity index (χ4v) is 2.87. The van der Waals surface area contributed by atoms with Crippen molar-refractivity contribution in [2.24, 2.45) is 10.7 Å². The van der Waals surface area contributed by atoms with Crippen molar-refractivity contribution in [3.8, 4) is 11.5 Å². The lowest BCUT2D eigenvalue weighted by atomic mass is 9.96. The third kappa shape index (κ3) is 5.86. The third-order valence-electron chi connectivity index (χ3n) is 4.08. The van der Waals surface area contributed by atoms with Crippen molar-refractivity contribution in [2.45, 2.75) is 51.2 Å². The molecule has 0 aromatic heterocycles. The maximum Gasteiger partial charge on any atom is 0.387 e. The summed E-state index contributed by atoms with van der Waals surface area (Å²) < 4.78 is 34.3. The topological polar surface area (TPSA) is 68.9 Å². The van der Waals surface area contributed by atoms with Gasteiger partial charge in [0.2, 0.25) is 0 Å². The Morgan fingerprint density at radius 1 is 1.29 bits per heavy atom. The zero-order chi connectivity index (χ0) is 17.4. The minimum Gasteiger partial charge on any atom is -0.493 e. The molecule has 1 saturated carbocycles. The molecule has 1 aliphatic carbocycles. The van der Waals surface area contributed by atoms with Gasteiger partial charge in [-0.05, 0) is 37.0 Å². The molecular formula is C17H25F2N3O2. The second-order valence-corrected chi connectivity index (χ2v) is 5.86. The molecule has 1 fully saturated rings. The van der Waals surface area contributed by atoms with Gasteiger partial charge in [0.1, 0.15) is 0 Å². The first-order valence-electron chi connectivity index (χ1n) is 8.26. The van der Waals surface area contributed by atoms with E-state index in [1.165, 1.54) is 26.4 Å². The number of nitrogens with zero attached hydrogens (tertiary/aromatic N) is 1. The van der Waals surface area contributed by atoms with Crippen molar-refractivity contribution in [3.05, 3.63) is 23.8 Å². The summed E-state index contributed by atoms with van der Waals surface area (Å²) in [5.74, 6) is 0.753. The van der Waals surface area contributed by atoms with Crippen LogP contribution in [0.1, 0.15) is 37.7 Å². The zero-order valence-electron chi connectivity index (χ0n) is 13.9. The van der Waals surface area contributed by atoms with Crippen molar-refractivity contribution in [1.29, 1.82) is 0 Å². The normalized spacial score (nSPS) is 16.2. The van der Waals surface area contributed by atoms with Crippen LogP contribution < -0.4 is 20.5 Å². The van der Waals surface area contributed by atoms with E-state index in [-0.39, 0.29) is 11.5 Å². The van der Waals surface area contributed by atoms with Crippen LogP contribution in [-0.4, -0.2) is 32.3 Å². The predicted molar refractivity (Wildman–Crippen MR) is 89.8 cm³/mol. The number of ether oxygens (including phenoxy) is 2. The minimum absolute atomic E-state index is 0.0299. The number of nitrogens with one attached hydrogen (secondary N) is 1. The van der Waals surface area contributed by atoms with Gasteiger partial charge in [0, 0.05) is 12.6 Å². The Bertz CT molecular complexity index is 547. The Kier molecular flexibility index (Phi) is 7.08. The number of hydrogen-bond acceptors (Lipinski definition) is 3. The first-order valence-corrected chi connectivity index (χ1v) is 8.26. The first kappa shape index (κ1) is 18.3. The number of aliphatic imine (C=N–C) groups is 1. The van der Waals surface area contributed by atoms with E-state index in [4.69, 9.17) is 10.5 Å². The number of nitrogens with two attached hydrogens (primary N) is 1. The Balaban J connectivity index is 1.87.